The van der Waals surface area contributed by atoms with Crippen LogP contribution < -0.4 is 0 Å². The highest BCUT2D eigenvalue weighted by Gasteiger charge is 2.33. The number of hydrogen-bond acceptors (Lipinski definition) is 2. The first kappa shape index (κ1) is 14.1. The summed E-state index contributed by atoms with van der Waals surface area (Å²) in [4.78, 5) is 25.3. The van der Waals surface area contributed by atoms with Crippen LogP contribution in [0.1, 0.15) is 36.7 Å². The Balaban J connectivity index is 2.28. The maximum Gasteiger partial charge on any atom is 0.326 e. The normalized spacial score (nSPS) is 19.5. The van der Waals surface area contributed by atoms with Crippen LogP contribution in [-0.4, -0.2) is 39.0 Å². The largest absolute Gasteiger partial charge is 0.480 e. The van der Waals surface area contributed by atoms with Gasteiger partial charge in [0.15, 0.2) is 0 Å². The first-order chi connectivity index (χ1) is 9.04. The number of hydrogen-bond donors (Lipinski definition) is 1. The zero-order valence-electron chi connectivity index (χ0n) is 10.8. The molecule has 0 spiro atoms. The van der Waals surface area contributed by atoms with Gasteiger partial charge < -0.3 is 14.6 Å². The summed E-state index contributed by atoms with van der Waals surface area (Å²) in [5.41, 5.74) is 0.544. The second-order valence-electron chi connectivity index (χ2n) is 4.68. The van der Waals surface area contributed by atoms with E-state index < -0.39 is 12.0 Å². The van der Waals surface area contributed by atoms with E-state index in [4.69, 9.17) is 0 Å². The number of carbonyl (C=O) groups is 2. The lowest BCUT2D eigenvalue weighted by molar-refractivity contribution is -0.143. The molecule has 5 nitrogen and oxygen atoms in total. The summed E-state index contributed by atoms with van der Waals surface area (Å²) in [6, 6.07) is 1.06. The number of rotatable bonds is 3. The number of nitrogens with zero attached hydrogens (tertiary/aromatic N) is 2. The number of likely N-dealkylation sites (tertiary alicyclic amines) is 1. The number of aryl methyl sites for hydroxylation is 1. The molecule has 1 amide bonds. The SMILES string of the molecule is CCn1cc(Br)cc1C(=O)N1CCCC[C@H]1C(=O)O. The number of halogens is 1. The van der Waals surface area contributed by atoms with Crippen molar-refractivity contribution in [2.75, 3.05) is 6.54 Å². The molecule has 0 saturated carbocycles. The van der Waals surface area contributed by atoms with Gasteiger partial charge in [-0.15, -0.1) is 0 Å². The van der Waals surface area contributed by atoms with Crippen LogP contribution in [0.25, 0.3) is 0 Å². The minimum absolute atomic E-state index is 0.195. The Hall–Kier alpha value is -1.30. The Labute approximate surface area is 120 Å². The summed E-state index contributed by atoms with van der Waals surface area (Å²) in [5, 5.41) is 9.23. The number of carboxylic acids is 1. The molecule has 0 unspecified atom stereocenters. The number of aromatic nitrogens is 1. The molecular formula is C13H17BrN2O3. The minimum atomic E-state index is -0.915. The van der Waals surface area contributed by atoms with E-state index in [9.17, 15) is 14.7 Å². The van der Waals surface area contributed by atoms with Crippen molar-refractivity contribution in [3.05, 3.63) is 22.4 Å². The molecule has 0 bridgehead atoms. The van der Waals surface area contributed by atoms with Crippen LogP contribution in [0.2, 0.25) is 0 Å². The van der Waals surface area contributed by atoms with Crippen LogP contribution in [0, 0.1) is 0 Å². The van der Waals surface area contributed by atoms with Crippen LogP contribution in [0.5, 0.6) is 0 Å². The predicted octanol–water partition coefficient (Wildman–Crippen LogP) is 2.35. The number of piperidine rings is 1. The molecule has 1 aliphatic heterocycles. The van der Waals surface area contributed by atoms with E-state index in [1.54, 1.807) is 6.07 Å². The third-order valence-electron chi connectivity index (χ3n) is 3.47. The van der Waals surface area contributed by atoms with Gasteiger partial charge in [-0.25, -0.2) is 4.79 Å². The smallest absolute Gasteiger partial charge is 0.326 e. The highest BCUT2D eigenvalue weighted by Crippen LogP contribution is 2.22. The molecule has 0 radical (unpaired) electrons. The molecule has 1 aromatic heterocycles. The van der Waals surface area contributed by atoms with Gasteiger partial charge in [0, 0.05) is 23.8 Å². The number of aliphatic carboxylic acids is 1. The van der Waals surface area contributed by atoms with Crippen molar-refractivity contribution >= 4 is 27.8 Å². The van der Waals surface area contributed by atoms with E-state index in [1.807, 2.05) is 17.7 Å². The Morgan fingerprint density at radius 2 is 2.21 bits per heavy atom. The fraction of sp³-hybridized carbons (Fsp3) is 0.538. The van der Waals surface area contributed by atoms with Gasteiger partial charge >= 0.3 is 5.97 Å². The molecule has 104 valence electrons. The van der Waals surface area contributed by atoms with E-state index in [0.29, 0.717) is 25.2 Å². The first-order valence-corrected chi connectivity index (χ1v) is 7.23. The first-order valence-electron chi connectivity index (χ1n) is 6.44. The zero-order valence-corrected chi connectivity index (χ0v) is 12.4. The Morgan fingerprint density at radius 1 is 1.47 bits per heavy atom. The van der Waals surface area contributed by atoms with Gasteiger partial charge in [0.2, 0.25) is 0 Å². The van der Waals surface area contributed by atoms with Gasteiger partial charge in [-0.2, -0.15) is 0 Å². The fourth-order valence-electron chi connectivity index (χ4n) is 2.49. The lowest BCUT2D eigenvalue weighted by Gasteiger charge is -2.33. The van der Waals surface area contributed by atoms with E-state index in [2.05, 4.69) is 15.9 Å². The summed E-state index contributed by atoms with van der Waals surface area (Å²) in [6.45, 7) is 3.15. The average molecular weight is 329 g/mol. The summed E-state index contributed by atoms with van der Waals surface area (Å²) < 4.78 is 2.67. The van der Waals surface area contributed by atoms with Crippen molar-refractivity contribution in [1.29, 1.82) is 0 Å². The van der Waals surface area contributed by atoms with E-state index in [1.165, 1.54) is 4.90 Å². The predicted molar refractivity (Wildman–Crippen MR) is 74.1 cm³/mol. The van der Waals surface area contributed by atoms with Gasteiger partial charge in [0.05, 0.1) is 0 Å². The summed E-state index contributed by atoms with van der Waals surface area (Å²) in [5.74, 6) is -1.11. The quantitative estimate of drug-likeness (QED) is 0.926. The van der Waals surface area contributed by atoms with Crippen molar-refractivity contribution in [2.45, 2.75) is 38.8 Å². The van der Waals surface area contributed by atoms with Crippen molar-refractivity contribution in [1.82, 2.24) is 9.47 Å². The third-order valence-corrected chi connectivity index (χ3v) is 3.91. The van der Waals surface area contributed by atoms with E-state index in [-0.39, 0.29) is 5.91 Å². The molecule has 0 aromatic carbocycles. The Bertz CT molecular complexity index is 498. The molecule has 1 N–H and O–H groups in total. The van der Waals surface area contributed by atoms with Gasteiger partial charge in [0.1, 0.15) is 11.7 Å². The van der Waals surface area contributed by atoms with Gasteiger partial charge in [0.25, 0.3) is 5.91 Å². The standard InChI is InChI=1S/C13H17BrN2O3/c1-2-15-8-9(14)7-11(15)12(17)16-6-4-3-5-10(16)13(18)19/h7-8,10H,2-6H2,1H3,(H,18,19)/t10-/m0/s1. The molecule has 6 heteroatoms. The Kier molecular flexibility index (Phi) is 4.29. The van der Waals surface area contributed by atoms with Crippen LogP contribution in [0.3, 0.4) is 0 Å². The van der Waals surface area contributed by atoms with Crippen LogP contribution >= 0.6 is 15.9 Å². The van der Waals surface area contributed by atoms with Gasteiger partial charge in [-0.1, -0.05) is 0 Å². The summed E-state index contributed by atoms with van der Waals surface area (Å²) in [7, 11) is 0. The molecule has 1 atom stereocenters. The molecule has 19 heavy (non-hydrogen) atoms. The molecule has 0 aliphatic carbocycles. The average Bonchev–Trinajstić information content (AvgIpc) is 2.79. The lowest BCUT2D eigenvalue weighted by atomic mass is 10.0. The van der Waals surface area contributed by atoms with Crippen LogP contribution in [-0.2, 0) is 11.3 Å². The van der Waals surface area contributed by atoms with Crippen molar-refractivity contribution in [3.8, 4) is 0 Å². The third kappa shape index (κ3) is 2.83. The molecular weight excluding hydrogens is 312 g/mol. The van der Waals surface area contributed by atoms with Crippen LogP contribution in [0.15, 0.2) is 16.7 Å². The highest BCUT2D eigenvalue weighted by atomic mass is 79.9. The topological polar surface area (TPSA) is 62.5 Å². The maximum atomic E-state index is 12.5. The Morgan fingerprint density at radius 3 is 2.84 bits per heavy atom. The molecule has 2 rings (SSSR count). The number of amides is 1. The number of carbonyl (C=O) groups excluding carboxylic acids is 1. The number of carboxylic acid groups (broad SMARTS) is 1. The van der Waals surface area contributed by atoms with E-state index >= 15 is 0 Å². The molecule has 1 aromatic rings. The fourth-order valence-corrected chi connectivity index (χ4v) is 2.96. The zero-order chi connectivity index (χ0) is 14.0. The minimum Gasteiger partial charge on any atom is -0.480 e. The summed E-state index contributed by atoms with van der Waals surface area (Å²) in [6.07, 6.45) is 4.10. The van der Waals surface area contributed by atoms with Gasteiger partial charge in [-0.05, 0) is 48.2 Å². The molecule has 1 saturated heterocycles. The molecule has 1 fully saturated rings. The van der Waals surface area contributed by atoms with Crippen molar-refractivity contribution in [2.24, 2.45) is 0 Å². The second-order valence-corrected chi connectivity index (χ2v) is 5.59. The van der Waals surface area contributed by atoms with Gasteiger partial charge in [-0.3, -0.25) is 4.79 Å². The monoisotopic (exact) mass is 328 g/mol. The highest BCUT2D eigenvalue weighted by molar-refractivity contribution is 9.10. The van der Waals surface area contributed by atoms with Crippen molar-refractivity contribution < 1.29 is 14.7 Å². The lowest BCUT2D eigenvalue weighted by Crippen LogP contribution is -2.48. The second kappa shape index (κ2) is 5.77. The maximum absolute atomic E-state index is 12.5. The van der Waals surface area contributed by atoms with Crippen molar-refractivity contribution in [3.63, 3.8) is 0 Å². The summed E-state index contributed by atoms with van der Waals surface area (Å²) >= 11 is 3.35. The van der Waals surface area contributed by atoms with E-state index in [0.717, 1.165) is 17.3 Å². The molecule has 1 aliphatic rings. The van der Waals surface area contributed by atoms with Crippen LogP contribution in [0.4, 0.5) is 0 Å². The molecule has 2 heterocycles.